The maximum atomic E-state index is 12.9. The van der Waals surface area contributed by atoms with Crippen LogP contribution in [0.25, 0.3) is 17.4 Å². The van der Waals surface area contributed by atoms with Crippen molar-refractivity contribution in [2.45, 2.75) is 13.5 Å². The molecule has 1 aromatic heterocycles. The Morgan fingerprint density at radius 2 is 1.81 bits per heavy atom. The van der Waals surface area contributed by atoms with Crippen molar-refractivity contribution in [3.05, 3.63) is 88.0 Å². The molecule has 5 nitrogen and oxygen atoms in total. The Kier molecular flexibility index (Phi) is 6.06. The van der Waals surface area contributed by atoms with Crippen molar-refractivity contribution in [2.75, 3.05) is 7.11 Å². The van der Waals surface area contributed by atoms with Crippen molar-refractivity contribution < 1.29 is 18.7 Å². The average Bonchev–Trinajstić information content (AvgIpc) is 3.35. The zero-order chi connectivity index (χ0) is 22.0. The van der Waals surface area contributed by atoms with Crippen LogP contribution in [0.3, 0.4) is 0 Å². The normalized spacial score (nSPS) is 15.0. The molecule has 1 fully saturated rings. The van der Waals surface area contributed by atoms with E-state index in [9.17, 15) is 9.59 Å². The van der Waals surface area contributed by atoms with E-state index in [1.54, 1.807) is 41.3 Å². The molecule has 0 N–H and O–H groups in total. The molecule has 0 aliphatic carbocycles. The molecule has 0 unspecified atom stereocenters. The minimum atomic E-state index is -0.389. The van der Waals surface area contributed by atoms with Crippen molar-refractivity contribution in [1.82, 2.24) is 4.90 Å². The van der Waals surface area contributed by atoms with Gasteiger partial charge in [0, 0.05) is 11.6 Å². The monoisotopic (exact) mass is 449 g/mol. The Hall–Kier alpha value is -3.16. The number of methoxy groups -OCH3 is 1. The highest BCUT2D eigenvalue weighted by Gasteiger charge is 2.32. The fourth-order valence-electron chi connectivity index (χ4n) is 3.12. The number of hydrogen-bond donors (Lipinski definition) is 0. The van der Waals surface area contributed by atoms with Gasteiger partial charge in [0.2, 0.25) is 0 Å². The Morgan fingerprint density at radius 1 is 1.10 bits per heavy atom. The topological polar surface area (TPSA) is 59.8 Å². The smallest absolute Gasteiger partial charge is 0.337 e. The predicted molar refractivity (Wildman–Crippen MR) is 125 cm³/mol. The lowest BCUT2D eigenvalue weighted by atomic mass is 10.1. The number of furan rings is 1. The van der Waals surface area contributed by atoms with E-state index in [2.05, 4.69) is 0 Å². The summed E-state index contributed by atoms with van der Waals surface area (Å²) < 4.78 is 11.1. The van der Waals surface area contributed by atoms with Crippen molar-refractivity contribution in [2.24, 2.45) is 0 Å². The number of thioether (sulfide) groups is 1. The number of benzene rings is 2. The standard InChI is InChI=1S/C24H19NO4S2/c1-15-3-5-16(6-4-15)14-25-22(26)21(31-24(25)30)13-19-11-12-20(29-19)17-7-9-18(10-8-17)23(27)28-2/h3-13H,14H2,1-2H3. The average molecular weight is 450 g/mol. The van der Waals surface area contributed by atoms with Crippen LogP contribution in [-0.4, -0.2) is 28.2 Å². The molecule has 1 aliphatic heterocycles. The molecular formula is C24H19NO4S2. The number of amides is 1. The van der Waals surface area contributed by atoms with Gasteiger partial charge in [-0.3, -0.25) is 9.69 Å². The second-order valence-electron chi connectivity index (χ2n) is 7.02. The number of rotatable bonds is 5. The highest BCUT2D eigenvalue weighted by Crippen LogP contribution is 2.34. The fraction of sp³-hybridized carbons (Fsp3) is 0.125. The first-order chi connectivity index (χ1) is 14.9. The van der Waals surface area contributed by atoms with Crippen molar-refractivity contribution in [3.8, 4) is 11.3 Å². The summed E-state index contributed by atoms with van der Waals surface area (Å²) in [5, 5.41) is 0. The van der Waals surface area contributed by atoms with Gasteiger partial charge < -0.3 is 9.15 Å². The summed E-state index contributed by atoms with van der Waals surface area (Å²) in [6.07, 6.45) is 1.71. The Bertz CT molecular complexity index is 1180. The molecule has 4 rings (SSSR count). The summed E-state index contributed by atoms with van der Waals surface area (Å²) in [4.78, 5) is 26.6. The van der Waals surface area contributed by atoms with Crippen LogP contribution < -0.4 is 0 Å². The first-order valence-electron chi connectivity index (χ1n) is 9.54. The second kappa shape index (κ2) is 8.91. The van der Waals surface area contributed by atoms with Gasteiger partial charge >= 0.3 is 5.97 Å². The van der Waals surface area contributed by atoms with Crippen LogP contribution in [-0.2, 0) is 16.1 Å². The lowest BCUT2D eigenvalue weighted by Crippen LogP contribution is -2.27. The molecule has 1 saturated heterocycles. The van der Waals surface area contributed by atoms with E-state index in [1.165, 1.54) is 24.4 Å². The van der Waals surface area contributed by atoms with Gasteiger partial charge in [-0.1, -0.05) is 65.9 Å². The molecule has 2 heterocycles. The van der Waals surface area contributed by atoms with Crippen molar-refractivity contribution in [3.63, 3.8) is 0 Å². The lowest BCUT2D eigenvalue weighted by Gasteiger charge is -2.14. The van der Waals surface area contributed by atoms with Crippen LogP contribution in [0.1, 0.15) is 27.2 Å². The molecule has 1 aliphatic rings. The molecule has 156 valence electrons. The molecule has 0 atom stereocenters. The molecule has 31 heavy (non-hydrogen) atoms. The summed E-state index contributed by atoms with van der Waals surface area (Å²) in [6, 6.07) is 18.6. The summed E-state index contributed by atoms with van der Waals surface area (Å²) in [5.74, 6) is 0.677. The molecule has 0 radical (unpaired) electrons. The summed E-state index contributed by atoms with van der Waals surface area (Å²) in [7, 11) is 1.35. The molecule has 0 saturated carbocycles. The molecule has 7 heteroatoms. The highest BCUT2D eigenvalue weighted by atomic mass is 32.2. The Balaban J connectivity index is 1.50. The van der Waals surface area contributed by atoms with Gasteiger partial charge in [-0.2, -0.15) is 0 Å². The number of thiocarbonyl (C=S) groups is 1. The first-order valence-corrected chi connectivity index (χ1v) is 10.8. The summed E-state index contributed by atoms with van der Waals surface area (Å²) in [5.41, 5.74) is 3.48. The number of nitrogens with zero attached hydrogens (tertiary/aromatic N) is 1. The first kappa shape index (κ1) is 21.1. The van der Waals surface area contributed by atoms with Gasteiger partial charge in [-0.05, 0) is 36.8 Å². The van der Waals surface area contributed by atoms with E-state index in [-0.39, 0.29) is 11.9 Å². The van der Waals surface area contributed by atoms with Gasteiger partial charge in [-0.25, -0.2) is 4.79 Å². The minimum Gasteiger partial charge on any atom is -0.465 e. The van der Waals surface area contributed by atoms with E-state index in [4.69, 9.17) is 21.4 Å². The largest absolute Gasteiger partial charge is 0.465 e. The van der Waals surface area contributed by atoms with E-state index in [0.717, 1.165) is 11.1 Å². The van der Waals surface area contributed by atoms with Crippen LogP contribution in [0.5, 0.6) is 0 Å². The quantitative estimate of drug-likeness (QED) is 0.294. The van der Waals surface area contributed by atoms with Crippen LogP contribution >= 0.6 is 24.0 Å². The zero-order valence-corrected chi connectivity index (χ0v) is 18.6. The van der Waals surface area contributed by atoms with Crippen LogP contribution in [0.4, 0.5) is 0 Å². The Morgan fingerprint density at radius 3 is 2.48 bits per heavy atom. The third-order valence-corrected chi connectivity index (χ3v) is 6.20. The maximum Gasteiger partial charge on any atom is 0.337 e. The number of carbonyl (C=O) groups is 2. The number of ether oxygens (including phenoxy) is 1. The maximum absolute atomic E-state index is 12.9. The predicted octanol–water partition coefficient (Wildman–Crippen LogP) is 5.44. The van der Waals surface area contributed by atoms with Gasteiger partial charge in [0.15, 0.2) is 0 Å². The molecular weight excluding hydrogens is 430 g/mol. The van der Waals surface area contributed by atoms with Crippen molar-refractivity contribution >= 4 is 46.3 Å². The highest BCUT2D eigenvalue weighted by molar-refractivity contribution is 8.26. The SMILES string of the molecule is COC(=O)c1ccc(-c2ccc(C=C3SC(=S)N(Cc4ccc(C)cc4)C3=O)o2)cc1. The van der Waals surface area contributed by atoms with Crippen LogP contribution in [0, 0.1) is 6.92 Å². The van der Waals surface area contributed by atoms with Crippen LogP contribution in [0.15, 0.2) is 70.0 Å². The van der Waals surface area contributed by atoms with Gasteiger partial charge in [0.1, 0.15) is 15.8 Å². The van der Waals surface area contributed by atoms with Crippen molar-refractivity contribution in [1.29, 1.82) is 0 Å². The van der Waals surface area contributed by atoms with Gasteiger partial charge in [-0.15, -0.1) is 0 Å². The minimum absolute atomic E-state index is 0.129. The molecule has 3 aromatic rings. The number of hydrogen-bond acceptors (Lipinski definition) is 6. The molecule has 0 bridgehead atoms. The molecule has 1 amide bonds. The van der Waals surface area contributed by atoms with E-state index in [1.807, 2.05) is 37.3 Å². The van der Waals surface area contributed by atoms with E-state index in [0.29, 0.717) is 32.9 Å². The number of aryl methyl sites for hydroxylation is 1. The van der Waals surface area contributed by atoms with Gasteiger partial charge in [0.25, 0.3) is 5.91 Å². The van der Waals surface area contributed by atoms with Gasteiger partial charge in [0.05, 0.1) is 24.1 Å². The summed E-state index contributed by atoms with van der Waals surface area (Å²) in [6.45, 7) is 2.47. The zero-order valence-electron chi connectivity index (χ0n) is 17.0. The molecule has 2 aromatic carbocycles. The lowest BCUT2D eigenvalue weighted by molar-refractivity contribution is -0.122. The fourth-order valence-corrected chi connectivity index (χ4v) is 4.35. The number of carbonyl (C=O) groups excluding carboxylic acids is 2. The Labute approximate surface area is 189 Å². The second-order valence-corrected chi connectivity index (χ2v) is 8.70. The summed E-state index contributed by atoms with van der Waals surface area (Å²) >= 11 is 6.69. The molecule has 0 spiro atoms. The van der Waals surface area contributed by atoms with E-state index < -0.39 is 0 Å². The third kappa shape index (κ3) is 4.62. The van der Waals surface area contributed by atoms with Crippen LogP contribution in [0.2, 0.25) is 0 Å². The third-order valence-electron chi connectivity index (χ3n) is 4.83. The number of esters is 1. The van der Waals surface area contributed by atoms with E-state index >= 15 is 0 Å².